The van der Waals surface area contributed by atoms with Crippen molar-refractivity contribution >= 4 is 49.8 Å². The lowest BCUT2D eigenvalue weighted by Gasteiger charge is -2.20. The smallest absolute Gasteiger partial charge is 0.160 e. The van der Waals surface area contributed by atoms with E-state index in [4.69, 9.17) is 14.4 Å². The average Bonchev–Trinajstić information content (AvgIpc) is 3.97. The Kier molecular flexibility index (Phi) is 11.2. The maximum absolute atomic E-state index is 6.41. The topological polar surface area (TPSA) is 43.9 Å². The van der Waals surface area contributed by atoms with Gasteiger partial charge in [-0.15, -0.1) is 0 Å². The molecule has 4 nitrogen and oxygen atoms in total. The van der Waals surface area contributed by atoms with Crippen molar-refractivity contribution in [3.05, 3.63) is 254 Å². The molecular formula is C68H51N3O. The Hall–Kier alpha value is -9.12. The molecule has 0 amide bonds. The van der Waals surface area contributed by atoms with E-state index >= 15 is 0 Å². The van der Waals surface area contributed by atoms with E-state index in [9.17, 15) is 0 Å². The van der Waals surface area contributed by atoms with Crippen LogP contribution in [0.1, 0.15) is 26.3 Å². The second-order valence-corrected chi connectivity index (χ2v) is 19.4. The predicted octanol–water partition coefficient (Wildman–Crippen LogP) is 18.6. The number of allylic oxidation sites excluding steroid dienone is 4. The molecule has 12 rings (SSSR count). The molecule has 0 N–H and O–H groups in total. The largest absolute Gasteiger partial charge is 0.456 e. The molecule has 0 spiro atoms. The second kappa shape index (κ2) is 18.3. The van der Waals surface area contributed by atoms with E-state index in [2.05, 4.69) is 238 Å². The summed E-state index contributed by atoms with van der Waals surface area (Å²) in [6.07, 6.45) is 8.59. The summed E-state index contributed by atoms with van der Waals surface area (Å²) in [6.45, 7) is 10.9. The van der Waals surface area contributed by atoms with E-state index in [-0.39, 0.29) is 5.41 Å². The quantitative estimate of drug-likeness (QED) is 0.128. The third-order valence-electron chi connectivity index (χ3n) is 13.8. The molecule has 0 aliphatic heterocycles. The number of aromatic nitrogens is 3. The first-order valence-corrected chi connectivity index (χ1v) is 24.6. The summed E-state index contributed by atoms with van der Waals surface area (Å²) in [4.78, 5) is 10.7. The van der Waals surface area contributed by atoms with Gasteiger partial charge in [0.2, 0.25) is 0 Å². The first kappa shape index (κ1) is 44.1. The lowest BCUT2D eigenvalue weighted by molar-refractivity contribution is 0.517. The van der Waals surface area contributed by atoms with Crippen molar-refractivity contribution in [3.8, 4) is 73.0 Å². The fraction of sp³-hybridized carbons (Fsp3) is 0.0588. The highest BCUT2D eigenvalue weighted by molar-refractivity contribution is 6.13. The molecule has 4 heteroatoms. The van der Waals surface area contributed by atoms with Gasteiger partial charge in [-0.25, -0.2) is 9.97 Å². The van der Waals surface area contributed by atoms with Gasteiger partial charge in [-0.2, -0.15) is 0 Å². The number of fused-ring (bicyclic) bond motifs is 6. The zero-order chi connectivity index (χ0) is 48.8. The van der Waals surface area contributed by atoms with E-state index in [0.717, 1.165) is 89.0 Å². The molecule has 0 radical (unpaired) electrons. The van der Waals surface area contributed by atoms with E-state index in [1.165, 1.54) is 33.0 Å². The van der Waals surface area contributed by atoms with Gasteiger partial charge in [0, 0.05) is 43.8 Å². The lowest BCUT2D eigenvalue weighted by Crippen LogP contribution is -2.06. The third-order valence-corrected chi connectivity index (χ3v) is 13.8. The molecule has 3 heterocycles. The molecule has 0 bridgehead atoms. The molecule has 0 saturated heterocycles. The number of benzene rings is 9. The van der Waals surface area contributed by atoms with Gasteiger partial charge in [0.1, 0.15) is 11.2 Å². The molecule has 9 aromatic carbocycles. The van der Waals surface area contributed by atoms with Crippen LogP contribution in [-0.2, 0) is 0 Å². The summed E-state index contributed by atoms with van der Waals surface area (Å²) in [5.74, 6) is 0.643. The lowest BCUT2D eigenvalue weighted by atomic mass is 9.86. The normalized spacial score (nSPS) is 12.2. The summed E-state index contributed by atoms with van der Waals surface area (Å²) < 4.78 is 8.89. The van der Waals surface area contributed by atoms with Gasteiger partial charge in [-0.1, -0.05) is 209 Å². The van der Waals surface area contributed by atoms with Gasteiger partial charge >= 0.3 is 0 Å². The number of para-hydroxylation sites is 1. The minimum absolute atomic E-state index is 0.0949. The zero-order valence-electron chi connectivity index (χ0n) is 40.6. The molecule has 72 heavy (non-hydrogen) atoms. The Morgan fingerprint density at radius 2 is 0.986 bits per heavy atom. The van der Waals surface area contributed by atoms with Gasteiger partial charge in [0.15, 0.2) is 5.82 Å². The monoisotopic (exact) mass is 925 g/mol. The van der Waals surface area contributed by atoms with E-state index < -0.39 is 0 Å². The molecule has 344 valence electrons. The Bertz CT molecular complexity index is 3960. The van der Waals surface area contributed by atoms with Crippen LogP contribution in [0.4, 0.5) is 0 Å². The standard InChI is InChI=1S/C68H51N3O/c1-5-54(68(2,3)4)30-20-29-52-39-53(61-44-60(69-67(70-61)48-27-16-9-17-28-48)51-33-36-56-55-31-18-19-32-64(55)72-65(56)43-51)42-57(47-25-14-8-15-26-47)66(52)71-62-37-34-49(45-21-10-6-11-22-45)40-58(62)59-41-50(35-38-63(59)71)46-23-12-7-13-24-46/h5-44H,1H2,2-4H3/b29-20+,54-30+. The molecule has 0 aliphatic carbocycles. The fourth-order valence-electron chi connectivity index (χ4n) is 10.1. The highest BCUT2D eigenvalue weighted by Gasteiger charge is 2.23. The molecule has 3 aromatic heterocycles. The summed E-state index contributed by atoms with van der Waals surface area (Å²) in [5.41, 5.74) is 18.4. The Morgan fingerprint density at radius 3 is 1.58 bits per heavy atom. The first-order valence-electron chi connectivity index (χ1n) is 24.6. The van der Waals surface area contributed by atoms with Crippen LogP contribution in [0.3, 0.4) is 0 Å². The number of hydrogen-bond donors (Lipinski definition) is 0. The minimum atomic E-state index is -0.0949. The van der Waals surface area contributed by atoms with Crippen molar-refractivity contribution in [2.24, 2.45) is 5.41 Å². The summed E-state index contributed by atoms with van der Waals surface area (Å²) in [5, 5.41) is 4.52. The molecule has 0 atom stereocenters. The van der Waals surface area contributed by atoms with Gasteiger partial charge in [0.25, 0.3) is 0 Å². The van der Waals surface area contributed by atoms with E-state index in [1.807, 2.05) is 36.4 Å². The SMILES string of the molecule is C=C/C(=C\C=C\c1cc(-c2cc(-c3ccc4c(c3)oc3ccccc34)nc(-c3ccccc3)n2)cc(-c2ccccc2)c1-n1c2ccc(-c3ccccc3)cc2c2cc(-c3ccccc3)ccc21)C(C)(C)C. The highest BCUT2D eigenvalue weighted by atomic mass is 16.3. The van der Waals surface area contributed by atoms with Crippen LogP contribution in [0, 0.1) is 5.41 Å². The maximum Gasteiger partial charge on any atom is 0.160 e. The molecule has 0 unspecified atom stereocenters. The van der Waals surface area contributed by atoms with Crippen molar-refractivity contribution in [2.45, 2.75) is 20.8 Å². The Morgan fingerprint density at radius 1 is 0.458 bits per heavy atom. The van der Waals surface area contributed by atoms with Crippen molar-refractivity contribution in [2.75, 3.05) is 0 Å². The van der Waals surface area contributed by atoms with Crippen LogP contribution >= 0.6 is 0 Å². The van der Waals surface area contributed by atoms with Crippen molar-refractivity contribution in [3.63, 3.8) is 0 Å². The van der Waals surface area contributed by atoms with E-state index in [0.29, 0.717) is 5.82 Å². The highest BCUT2D eigenvalue weighted by Crippen LogP contribution is 2.44. The molecule has 12 aromatic rings. The summed E-state index contributed by atoms with van der Waals surface area (Å²) in [6, 6.07) is 77.5. The van der Waals surface area contributed by atoms with E-state index in [1.54, 1.807) is 0 Å². The average molecular weight is 926 g/mol. The number of rotatable bonds is 10. The second-order valence-electron chi connectivity index (χ2n) is 19.4. The Labute approximate surface area is 420 Å². The number of nitrogens with zero attached hydrogens (tertiary/aromatic N) is 3. The summed E-state index contributed by atoms with van der Waals surface area (Å²) >= 11 is 0. The number of furan rings is 1. The van der Waals surface area contributed by atoms with Gasteiger partial charge in [0.05, 0.1) is 28.1 Å². The Balaban J connectivity index is 1.15. The molecular weight excluding hydrogens is 875 g/mol. The number of hydrogen-bond acceptors (Lipinski definition) is 3. The van der Waals surface area contributed by atoms with Crippen LogP contribution < -0.4 is 0 Å². The third kappa shape index (κ3) is 8.23. The van der Waals surface area contributed by atoms with Crippen molar-refractivity contribution in [1.29, 1.82) is 0 Å². The van der Waals surface area contributed by atoms with Crippen LogP contribution in [0.15, 0.2) is 253 Å². The summed E-state index contributed by atoms with van der Waals surface area (Å²) in [7, 11) is 0. The van der Waals surface area contributed by atoms with Gasteiger partial charge in [-0.05, 0) is 105 Å². The molecule has 0 saturated carbocycles. The minimum Gasteiger partial charge on any atom is -0.456 e. The predicted molar refractivity (Wildman–Crippen MR) is 303 cm³/mol. The molecule has 0 fully saturated rings. The molecule has 0 aliphatic rings. The van der Waals surface area contributed by atoms with Crippen LogP contribution in [0.2, 0.25) is 0 Å². The van der Waals surface area contributed by atoms with Crippen molar-refractivity contribution < 1.29 is 4.42 Å². The first-order chi connectivity index (χ1) is 35.3. The zero-order valence-corrected chi connectivity index (χ0v) is 40.6. The van der Waals surface area contributed by atoms with Gasteiger partial charge in [-0.3, -0.25) is 0 Å². The maximum atomic E-state index is 6.41. The van der Waals surface area contributed by atoms with Crippen LogP contribution in [0.25, 0.3) is 123 Å². The van der Waals surface area contributed by atoms with Crippen LogP contribution in [-0.4, -0.2) is 14.5 Å². The van der Waals surface area contributed by atoms with Gasteiger partial charge < -0.3 is 8.98 Å². The fourth-order valence-corrected chi connectivity index (χ4v) is 10.1. The van der Waals surface area contributed by atoms with Crippen molar-refractivity contribution in [1.82, 2.24) is 14.5 Å². The van der Waals surface area contributed by atoms with Crippen LogP contribution in [0.5, 0.6) is 0 Å².